The lowest BCUT2D eigenvalue weighted by molar-refractivity contribution is -0.148. The highest BCUT2D eigenvalue weighted by atomic mass is 16.5. The van der Waals surface area contributed by atoms with Gasteiger partial charge in [-0.2, -0.15) is 0 Å². The van der Waals surface area contributed by atoms with Gasteiger partial charge in [0.25, 0.3) is 0 Å². The fourth-order valence-corrected chi connectivity index (χ4v) is 1.71. The Labute approximate surface area is 112 Å². The van der Waals surface area contributed by atoms with Gasteiger partial charge in [0.2, 0.25) is 5.91 Å². The third-order valence-electron chi connectivity index (χ3n) is 2.76. The summed E-state index contributed by atoms with van der Waals surface area (Å²) in [5.41, 5.74) is 0.527. The van der Waals surface area contributed by atoms with Crippen molar-refractivity contribution < 1.29 is 19.4 Å². The highest BCUT2D eigenvalue weighted by molar-refractivity contribution is 5.83. The highest BCUT2D eigenvalue weighted by Gasteiger charge is 2.26. The first-order chi connectivity index (χ1) is 8.97. The SMILES string of the molecule is CCCOc1cccc(C(C(=O)O)N(C)C(C)=O)c1. The summed E-state index contributed by atoms with van der Waals surface area (Å²) < 4.78 is 5.47. The van der Waals surface area contributed by atoms with E-state index in [0.717, 1.165) is 6.42 Å². The predicted molar refractivity (Wildman–Crippen MR) is 71.0 cm³/mol. The van der Waals surface area contributed by atoms with E-state index in [1.807, 2.05) is 6.92 Å². The molecule has 0 saturated carbocycles. The topological polar surface area (TPSA) is 66.8 Å². The van der Waals surface area contributed by atoms with Crippen LogP contribution in [0.1, 0.15) is 31.9 Å². The van der Waals surface area contributed by atoms with E-state index in [0.29, 0.717) is 17.9 Å². The molecule has 0 aliphatic heterocycles. The maximum atomic E-state index is 11.4. The number of carboxylic acid groups (broad SMARTS) is 1. The molecule has 19 heavy (non-hydrogen) atoms. The standard InChI is InChI=1S/C14H19NO4/c1-4-8-19-12-7-5-6-11(9-12)13(14(17)18)15(3)10(2)16/h5-7,9,13H,4,8H2,1-3H3,(H,17,18). The van der Waals surface area contributed by atoms with Crippen LogP contribution in [0.25, 0.3) is 0 Å². The Balaban J connectivity index is 3.02. The zero-order valence-corrected chi connectivity index (χ0v) is 11.4. The third-order valence-corrected chi connectivity index (χ3v) is 2.76. The molecule has 5 nitrogen and oxygen atoms in total. The fourth-order valence-electron chi connectivity index (χ4n) is 1.71. The van der Waals surface area contributed by atoms with Crippen LogP contribution in [-0.2, 0) is 9.59 Å². The van der Waals surface area contributed by atoms with E-state index in [-0.39, 0.29) is 5.91 Å². The number of amides is 1. The van der Waals surface area contributed by atoms with Crippen molar-refractivity contribution in [1.29, 1.82) is 0 Å². The van der Waals surface area contributed by atoms with E-state index in [4.69, 9.17) is 4.74 Å². The van der Waals surface area contributed by atoms with Crippen LogP contribution in [0.2, 0.25) is 0 Å². The molecule has 1 amide bonds. The van der Waals surface area contributed by atoms with E-state index in [1.54, 1.807) is 24.3 Å². The number of carbonyl (C=O) groups is 2. The van der Waals surface area contributed by atoms with Gasteiger partial charge in [0.15, 0.2) is 6.04 Å². The fraction of sp³-hybridized carbons (Fsp3) is 0.429. The minimum atomic E-state index is -1.06. The molecule has 0 heterocycles. The van der Waals surface area contributed by atoms with E-state index in [9.17, 15) is 14.7 Å². The van der Waals surface area contributed by atoms with Crippen molar-refractivity contribution in [2.75, 3.05) is 13.7 Å². The van der Waals surface area contributed by atoms with Gasteiger partial charge in [-0.15, -0.1) is 0 Å². The van der Waals surface area contributed by atoms with Crippen molar-refractivity contribution in [3.05, 3.63) is 29.8 Å². The van der Waals surface area contributed by atoms with Crippen molar-refractivity contribution in [3.63, 3.8) is 0 Å². The van der Waals surface area contributed by atoms with Crippen LogP contribution in [0.4, 0.5) is 0 Å². The maximum absolute atomic E-state index is 11.4. The molecular formula is C14H19NO4. The molecule has 1 aromatic rings. The Morgan fingerprint density at radius 3 is 2.63 bits per heavy atom. The van der Waals surface area contributed by atoms with Crippen molar-refractivity contribution in [1.82, 2.24) is 4.90 Å². The van der Waals surface area contributed by atoms with Crippen molar-refractivity contribution in [2.24, 2.45) is 0 Å². The number of carboxylic acids is 1. The van der Waals surface area contributed by atoms with Gasteiger partial charge >= 0.3 is 5.97 Å². The first kappa shape index (κ1) is 15.0. The summed E-state index contributed by atoms with van der Waals surface area (Å²) in [5, 5.41) is 9.28. The Hall–Kier alpha value is -2.04. The molecular weight excluding hydrogens is 246 g/mol. The number of benzene rings is 1. The van der Waals surface area contributed by atoms with Crippen molar-refractivity contribution in [3.8, 4) is 5.75 Å². The second kappa shape index (κ2) is 6.78. The molecule has 1 aromatic carbocycles. The number of nitrogens with zero attached hydrogens (tertiary/aromatic N) is 1. The minimum Gasteiger partial charge on any atom is -0.494 e. The molecule has 0 saturated heterocycles. The van der Waals surface area contributed by atoms with Gasteiger partial charge < -0.3 is 14.7 Å². The normalized spacial score (nSPS) is 11.7. The quantitative estimate of drug-likeness (QED) is 0.855. The number of carbonyl (C=O) groups excluding carboxylic acids is 1. The number of likely N-dealkylation sites (N-methyl/N-ethyl adjacent to an activating group) is 1. The summed E-state index contributed by atoms with van der Waals surface area (Å²) in [6.07, 6.45) is 0.875. The van der Waals surface area contributed by atoms with Gasteiger partial charge in [-0.1, -0.05) is 19.1 Å². The minimum absolute atomic E-state index is 0.299. The van der Waals surface area contributed by atoms with Gasteiger partial charge in [-0.05, 0) is 24.1 Å². The molecule has 0 radical (unpaired) electrons. The van der Waals surface area contributed by atoms with Crippen LogP contribution >= 0.6 is 0 Å². The average molecular weight is 265 g/mol. The summed E-state index contributed by atoms with van der Waals surface area (Å²) in [6.45, 7) is 3.91. The highest BCUT2D eigenvalue weighted by Crippen LogP contribution is 2.24. The van der Waals surface area contributed by atoms with Gasteiger partial charge in [0, 0.05) is 14.0 Å². The lowest BCUT2D eigenvalue weighted by Crippen LogP contribution is -2.34. The lowest BCUT2D eigenvalue weighted by atomic mass is 10.1. The molecule has 0 aliphatic rings. The van der Waals surface area contributed by atoms with Crippen LogP contribution < -0.4 is 4.74 Å². The van der Waals surface area contributed by atoms with Gasteiger partial charge in [-0.3, -0.25) is 4.79 Å². The summed E-state index contributed by atoms with van der Waals surface area (Å²) in [5.74, 6) is -0.750. The Morgan fingerprint density at radius 2 is 2.11 bits per heavy atom. The second-order valence-electron chi connectivity index (χ2n) is 4.29. The molecule has 0 aliphatic carbocycles. The molecule has 0 bridgehead atoms. The molecule has 0 fully saturated rings. The van der Waals surface area contributed by atoms with Crippen LogP contribution in [0, 0.1) is 0 Å². The number of hydrogen-bond acceptors (Lipinski definition) is 3. The molecule has 1 rings (SSSR count). The smallest absolute Gasteiger partial charge is 0.331 e. The van der Waals surface area contributed by atoms with Gasteiger partial charge in [0.1, 0.15) is 5.75 Å². The predicted octanol–water partition coefficient (Wildman–Crippen LogP) is 2.08. The first-order valence-corrected chi connectivity index (χ1v) is 6.16. The van der Waals surface area contributed by atoms with E-state index in [1.165, 1.54) is 18.9 Å². The Kier molecular flexibility index (Phi) is 5.36. The Bertz CT molecular complexity index is 459. The largest absolute Gasteiger partial charge is 0.494 e. The van der Waals surface area contributed by atoms with Crippen LogP contribution in [0.5, 0.6) is 5.75 Å². The Morgan fingerprint density at radius 1 is 1.42 bits per heavy atom. The van der Waals surface area contributed by atoms with E-state index >= 15 is 0 Å². The number of ether oxygens (including phenoxy) is 1. The van der Waals surface area contributed by atoms with Gasteiger partial charge in [-0.25, -0.2) is 4.79 Å². The van der Waals surface area contributed by atoms with Crippen LogP contribution in [0.15, 0.2) is 24.3 Å². The molecule has 1 unspecified atom stereocenters. The average Bonchev–Trinajstić information content (AvgIpc) is 2.36. The zero-order valence-electron chi connectivity index (χ0n) is 11.4. The zero-order chi connectivity index (χ0) is 14.4. The van der Waals surface area contributed by atoms with Gasteiger partial charge in [0.05, 0.1) is 6.61 Å². The van der Waals surface area contributed by atoms with E-state index in [2.05, 4.69) is 0 Å². The second-order valence-corrected chi connectivity index (χ2v) is 4.29. The van der Waals surface area contributed by atoms with Crippen LogP contribution in [0.3, 0.4) is 0 Å². The molecule has 0 aromatic heterocycles. The summed E-state index contributed by atoms with van der Waals surface area (Å²) in [6, 6.07) is 5.84. The molecule has 104 valence electrons. The lowest BCUT2D eigenvalue weighted by Gasteiger charge is -2.24. The summed E-state index contributed by atoms with van der Waals surface area (Å²) >= 11 is 0. The van der Waals surface area contributed by atoms with Crippen molar-refractivity contribution in [2.45, 2.75) is 26.3 Å². The third kappa shape index (κ3) is 3.98. The van der Waals surface area contributed by atoms with E-state index < -0.39 is 12.0 Å². The summed E-state index contributed by atoms with van der Waals surface area (Å²) in [4.78, 5) is 23.9. The maximum Gasteiger partial charge on any atom is 0.331 e. The molecule has 1 N–H and O–H groups in total. The first-order valence-electron chi connectivity index (χ1n) is 6.16. The molecule has 5 heteroatoms. The molecule has 0 spiro atoms. The van der Waals surface area contributed by atoms with Crippen molar-refractivity contribution >= 4 is 11.9 Å². The molecule has 1 atom stereocenters. The van der Waals surface area contributed by atoms with Crippen LogP contribution in [-0.4, -0.2) is 35.5 Å². The number of aliphatic carboxylic acids is 1. The summed E-state index contributed by atoms with van der Waals surface area (Å²) in [7, 11) is 1.47. The number of rotatable bonds is 6. The monoisotopic (exact) mass is 265 g/mol. The number of hydrogen-bond donors (Lipinski definition) is 1.